The molecule has 0 saturated heterocycles. The Morgan fingerprint density at radius 1 is 1.26 bits per heavy atom. The van der Waals surface area contributed by atoms with Crippen LogP contribution in [0.5, 0.6) is 0 Å². The molecule has 3 heterocycles. The molecular formula is C18H16ClF2N5O. The number of carbonyl (C=O) groups excluding carboxylic acids is 1. The summed E-state index contributed by atoms with van der Waals surface area (Å²) in [6.07, 6.45) is 4.37. The van der Waals surface area contributed by atoms with Crippen LogP contribution in [0.3, 0.4) is 0 Å². The minimum absolute atomic E-state index is 0.0310. The van der Waals surface area contributed by atoms with E-state index in [4.69, 9.17) is 11.6 Å². The van der Waals surface area contributed by atoms with Crippen LogP contribution in [-0.4, -0.2) is 25.7 Å². The Morgan fingerprint density at radius 3 is 2.59 bits per heavy atom. The number of hydrogen-bond donors (Lipinski definition) is 1. The second-order valence-electron chi connectivity index (χ2n) is 6.09. The number of hydrogen-bond acceptors (Lipinski definition) is 4. The van der Waals surface area contributed by atoms with Gasteiger partial charge in [-0.2, -0.15) is 13.9 Å². The van der Waals surface area contributed by atoms with Crippen molar-refractivity contribution in [3.63, 3.8) is 0 Å². The highest BCUT2D eigenvalue weighted by Crippen LogP contribution is 2.31. The van der Waals surface area contributed by atoms with Gasteiger partial charge in [-0.1, -0.05) is 11.6 Å². The van der Waals surface area contributed by atoms with Crippen molar-refractivity contribution in [2.24, 2.45) is 7.05 Å². The van der Waals surface area contributed by atoms with Gasteiger partial charge in [0.2, 0.25) is 0 Å². The van der Waals surface area contributed by atoms with Gasteiger partial charge in [-0.3, -0.25) is 9.48 Å². The molecule has 3 aromatic heterocycles. The SMILES string of the molecule is Cc1cc(C(F)(F)C(=O)Nc2ccc(-c3cnn(C)c3)c(C)n2)cnc1Cl. The molecular weight excluding hydrogens is 376 g/mol. The number of anilines is 1. The van der Waals surface area contributed by atoms with Crippen LogP contribution in [0.15, 0.2) is 36.8 Å². The number of halogens is 3. The average Bonchev–Trinajstić information content (AvgIpc) is 3.03. The molecule has 1 amide bonds. The third-order valence-corrected chi connectivity index (χ3v) is 4.40. The first-order valence-electron chi connectivity index (χ1n) is 7.97. The topological polar surface area (TPSA) is 72.7 Å². The molecule has 1 N–H and O–H groups in total. The number of carbonyl (C=O) groups is 1. The minimum Gasteiger partial charge on any atom is -0.305 e. The van der Waals surface area contributed by atoms with Gasteiger partial charge in [0.05, 0.1) is 6.20 Å². The summed E-state index contributed by atoms with van der Waals surface area (Å²) in [7, 11) is 1.79. The molecule has 0 saturated carbocycles. The largest absolute Gasteiger partial charge is 0.351 e. The summed E-state index contributed by atoms with van der Waals surface area (Å²) in [4.78, 5) is 20.0. The molecule has 0 aliphatic heterocycles. The van der Waals surface area contributed by atoms with Crippen molar-refractivity contribution in [3.05, 3.63) is 58.8 Å². The summed E-state index contributed by atoms with van der Waals surface area (Å²) >= 11 is 5.75. The van der Waals surface area contributed by atoms with Crippen molar-refractivity contribution >= 4 is 23.3 Å². The second kappa shape index (κ2) is 7.03. The maximum absolute atomic E-state index is 14.5. The summed E-state index contributed by atoms with van der Waals surface area (Å²) in [6, 6.07) is 4.30. The van der Waals surface area contributed by atoms with Gasteiger partial charge in [0, 0.05) is 41.8 Å². The fourth-order valence-electron chi connectivity index (χ4n) is 2.55. The number of aromatic nitrogens is 4. The first-order chi connectivity index (χ1) is 12.7. The van der Waals surface area contributed by atoms with Gasteiger partial charge in [-0.05, 0) is 37.6 Å². The Hall–Kier alpha value is -2.87. The van der Waals surface area contributed by atoms with E-state index in [9.17, 15) is 13.6 Å². The molecule has 0 spiro atoms. The zero-order valence-electron chi connectivity index (χ0n) is 14.8. The Labute approximate surface area is 159 Å². The number of nitrogens with zero attached hydrogens (tertiary/aromatic N) is 4. The lowest BCUT2D eigenvalue weighted by Gasteiger charge is -2.17. The molecule has 0 unspecified atom stereocenters. The van der Waals surface area contributed by atoms with Gasteiger partial charge in [0.1, 0.15) is 11.0 Å². The number of amides is 1. The lowest BCUT2D eigenvalue weighted by atomic mass is 10.1. The maximum Gasteiger partial charge on any atom is 0.351 e. The number of nitrogens with one attached hydrogen (secondary N) is 1. The molecule has 3 rings (SSSR count). The van der Waals surface area contributed by atoms with Crippen LogP contribution in [-0.2, 0) is 17.8 Å². The highest BCUT2D eigenvalue weighted by molar-refractivity contribution is 6.30. The molecule has 0 aliphatic carbocycles. The minimum atomic E-state index is -3.78. The molecule has 140 valence electrons. The summed E-state index contributed by atoms with van der Waals surface area (Å²) in [6.45, 7) is 3.26. The van der Waals surface area contributed by atoms with Gasteiger partial charge in [-0.25, -0.2) is 9.97 Å². The Kier molecular flexibility index (Phi) is 4.93. The van der Waals surface area contributed by atoms with Crippen LogP contribution < -0.4 is 5.32 Å². The van der Waals surface area contributed by atoms with E-state index in [-0.39, 0.29) is 11.0 Å². The quantitative estimate of drug-likeness (QED) is 0.685. The normalized spacial score (nSPS) is 11.5. The molecule has 27 heavy (non-hydrogen) atoms. The molecule has 0 aromatic carbocycles. The van der Waals surface area contributed by atoms with Crippen molar-refractivity contribution in [1.82, 2.24) is 19.7 Å². The monoisotopic (exact) mass is 391 g/mol. The summed E-state index contributed by atoms with van der Waals surface area (Å²) in [5, 5.41) is 6.36. The fraction of sp³-hybridized carbons (Fsp3) is 0.222. The molecule has 0 fully saturated rings. The van der Waals surface area contributed by atoms with Crippen LogP contribution in [0, 0.1) is 13.8 Å². The standard InChI is InChI=1S/C18H16ClF2N5O/c1-10-6-13(8-22-16(10)19)18(20,21)17(27)25-15-5-4-14(11(2)24-15)12-7-23-26(3)9-12/h4-9H,1-3H3,(H,24,25,27). The number of aryl methyl sites for hydroxylation is 3. The second-order valence-corrected chi connectivity index (χ2v) is 6.45. The van der Waals surface area contributed by atoms with Gasteiger partial charge >= 0.3 is 11.8 Å². The molecule has 9 heteroatoms. The van der Waals surface area contributed by atoms with Gasteiger partial charge in [0.25, 0.3) is 0 Å². The zero-order valence-corrected chi connectivity index (χ0v) is 15.6. The summed E-state index contributed by atoms with van der Waals surface area (Å²) in [5.74, 6) is -5.24. The predicted molar refractivity (Wildman–Crippen MR) is 97.7 cm³/mol. The zero-order chi connectivity index (χ0) is 19.8. The van der Waals surface area contributed by atoms with Crippen molar-refractivity contribution in [3.8, 4) is 11.1 Å². The van der Waals surface area contributed by atoms with Crippen molar-refractivity contribution < 1.29 is 13.6 Å². The molecule has 0 radical (unpaired) electrons. The van der Waals surface area contributed by atoms with Crippen LogP contribution >= 0.6 is 11.6 Å². The van der Waals surface area contributed by atoms with E-state index < -0.39 is 17.4 Å². The molecule has 6 nitrogen and oxygen atoms in total. The Morgan fingerprint density at radius 2 is 2.00 bits per heavy atom. The van der Waals surface area contributed by atoms with Crippen LogP contribution in [0.1, 0.15) is 16.8 Å². The van der Waals surface area contributed by atoms with Crippen molar-refractivity contribution in [1.29, 1.82) is 0 Å². The van der Waals surface area contributed by atoms with Crippen molar-refractivity contribution in [2.45, 2.75) is 19.8 Å². The summed E-state index contributed by atoms with van der Waals surface area (Å²) < 4.78 is 30.6. The fourth-order valence-corrected chi connectivity index (χ4v) is 2.66. The molecule has 0 aliphatic rings. The highest BCUT2D eigenvalue weighted by Gasteiger charge is 2.41. The van der Waals surface area contributed by atoms with Gasteiger partial charge in [0.15, 0.2) is 0 Å². The Balaban J connectivity index is 1.82. The van der Waals surface area contributed by atoms with E-state index in [1.807, 2.05) is 6.20 Å². The maximum atomic E-state index is 14.5. The summed E-state index contributed by atoms with van der Waals surface area (Å²) in [5.41, 5.74) is 2.04. The van der Waals surface area contributed by atoms with E-state index in [0.29, 0.717) is 11.3 Å². The molecule has 0 atom stereocenters. The third kappa shape index (κ3) is 3.80. The van der Waals surface area contributed by atoms with E-state index in [1.54, 1.807) is 30.9 Å². The lowest BCUT2D eigenvalue weighted by Crippen LogP contribution is -2.32. The lowest BCUT2D eigenvalue weighted by molar-refractivity contribution is -0.141. The smallest absolute Gasteiger partial charge is 0.305 e. The van der Waals surface area contributed by atoms with E-state index in [1.165, 1.54) is 13.0 Å². The molecule has 0 bridgehead atoms. The van der Waals surface area contributed by atoms with E-state index in [2.05, 4.69) is 20.4 Å². The highest BCUT2D eigenvalue weighted by atomic mass is 35.5. The number of pyridine rings is 2. The van der Waals surface area contributed by atoms with Crippen LogP contribution in [0.4, 0.5) is 14.6 Å². The van der Waals surface area contributed by atoms with Gasteiger partial charge in [-0.15, -0.1) is 0 Å². The van der Waals surface area contributed by atoms with Crippen LogP contribution in [0.2, 0.25) is 5.15 Å². The van der Waals surface area contributed by atoms with Crippen molar-refractivity contribution in [2.75, 3.05) is 5.32 Å². The first-order valence-corrected chi connectivity index (χ1v) is 8.35. The Bertz CT molecular complexity index is 1020. The van der Waals surface area contributed by atoms with E-state index >= 15 is 0 Å². The third-order valence-electron chi connectivity index (χ3n) is 4.01. The van der Waals surface area contributed by atoms with Gasteiger partial charge < -0.3 is 5.32 Å². The number of alkyl halides is 2. The first kappa shape index (κ1) is 18.9. The average molecular weight is 392 g/mol. The van der Waals surface area contributed by atoms with E-state index in [0.717, 1.165) is 23.4 Å². The number of rotatable bonds is 4. The molecule has 3 aromatic rings. The van der Waals surface area contributed by atoms with Crippen LogP contribution in [0.25, 0.3) is 11.1 Å². The predicted octanol–water partition coefficient (Wildman–Crippen LogP) is 3.88.